The Labute approximate surface area is 94.6 Å². The second-order valence-electron chi connectivity index (χ2n) is 3.48. The fourth-order valence-corrected chi connectivity index (χ4v) is 1.27. The molecule has 0 aliphatic carbocycles. The van der Waals surface area contributed by atoms with Gasteiger partial charge in [-0.15, -0.1) is 0 Å². The van der Waals surface area contributed by atoms with Crippen molar-refractivity contribution < 1.29 is 13.9 Å². The quantitative estimate of drug-likeness (QED) is 0.777. The Bertz CT molecular complexity index is 355. The number of halogens is 1. The number of rotatable bonds is 5. The number of benzene rings is 1. The van der Waals surface area contributed by atoms with Gasteiger partial charge in [-0.05, 0) is 31.5 Å². The molecule has 0 aliphatic rings. The molecule has 4 heteroatoms. The van der Waals surface area contributed by atoms with Crippen LogP contribution < -0.4 is 5.32 Å². The maximum Gasteiger partial charge on any atom is 0.322 e. The molecule has 0 spiro atoms. The molecule has 3 nitrogen and oxygen atoms in total. The Morgan fingerprint density at radius 2 is 2.31 bits per heavy atom. The van der Waals surface area contributed by atoms with Gasteiger partial charge in [-0.2, -0.15) is 0 Å². The molecule has 0 fully saturated rings. The van der Waals surface area contributed by atoms with E-state index in [2.05, 4.69) is 5.32 Å². The number of hydrogen-bond acceptors (Lipinski definition) is 3. The molecule has 0 amide bonds. The first-order valence-corrected chi connectivity index (χ1v) is 5.28. The van der Waals surface area contributed by atoms with Gasteiger partial charge < -0.3 is 10.1 Å². The number of nitrogens with one attached hydrogen (secondary N) is 1. The fraction of sp³-hybridized carbons (Fsp3) is 0.417. The first kappa shape index (κ1) is 12.6. The van der Waals surface area contributed by atoms with Gasteiger partial charge >= 0.3 is 5.97 Å². The summed E-state index contributed by atoms with van der Waals surface area (Å²) in [6.07, 6.45) is 0. The molecule has 0 radical (unpaired) electrons. The molecule has 0 heterocycles. The molecule has 88 valence electrons. The summed E-state index contributed by atoms with van der Waals surface area (Å²) in [6, 6.07) is 5.88. The SMILES string of the molecule is CCOC(=O)C(C)NCc1cccc(F)c1. The minimum absolute atomic E-state index is 0.275. The van der Waals surface area contributed by atoms with Gasteiger partial charge in [0.05, 0.1) is 6.61 Å². The summed E-state index contributed by atoms with van der Waals surface area (Å²) in [5.74, 6) is -0.568. The van der Waals surface area contributed by atoms with Gasteiger partial charge in [0, 0.05) is 6.54 Å². The van der Waals surface area contributed by atoms with E-state index in [4.69, 9.17) is 4.74 Å². The van der Waals surface area contributed by atoms with E-state index in [0.717, 1.165) is 5.56 Å². The highest BCUT2D eigenvalue weighted by Gasteiger charge is 2.12. The zero-order chi connectivity index (χ0) is 12.0. The lowest BCUT2D eigenvalue weighted by atomic mass is 10.2. The molecule has 0 aliphatic heterocycles. The summed E-state index contributed by atoms with van der Waals surface area (Å²) in [5.41, 5.74) is 0.802. The maximum atomic E-state index is 12.9. The average molecular weight is 225 g/mol. The van der Waals surface area contributed by atoms with Crippen LogP contribution in [0.1, 0.15) is 19.4 Å². The minimum atomic E-state index is -0.386. The maximum absolute atomic E-state index is 12.9. The third kappa shape index (κ3) is 3.98. The highest BCUT2D eigenvalue weighted by Crippen LogP contribution is 2.03. The van der Waals surface area contributed by atoms with Crippen LogP contribution in [0.4, 0.5) is 4.39 Å². The first-order chi connectivity index (χ1) is 7.63. The molecular formula is C12H16FNO2. The molecule has 0 bridgehead atoms. The van der Waals surface area contributed by atoms with Crippen molar-refractivity contribution in [1.82, 2.24) is 5.32 Å². The van der Waals surface area contributed by atoms with Crippen molar-refractivity contribution >= 4 is 5.97 Å². The van der Waals surface area contributed by atoms with E-state index in [1.807, 2.05) is 0 Å². The standard InChI is InChI=1S/C12H16FNO2/c1-3-16-12(15)9(2)14-8-10-5-4-6-11(13)7-10/h4-7,9,14H,3,8H2,1-2H3. The van der Waals surface area contributed by atoms with Gasteiger partial charge in [-0.1, -0.05) is 12.1 Å². The molecule has 1 aromatic carbocycles. The molecule has 0 saturated heterocycles. The molecule has 1 aromatic rings. The van der Waals surface area contributed by atoms with E-state index in [0.29, 0.717) is 13.2 Å². The molecule has 0 saturated carbocycles. The largest absolute Gasteiger partial charge is 0.465 e. The predicted molar refractivity (Wildman–Crippen MR) is 59.3 cm³/mol. The predicted octanol–water partition coefficient (Wildman–Crippen LogP) is 1.87. The van der Waals surface area contributed by atoms with Crippen molar-refractivity contribution in [3.63, 3.8) is 0 Å². The molecule has 1 unspecified atom stereocenters. The van der Waals surface area contributed by atoms with Crippen molar-refractivity contribution in [2.24, 2.45) is 0 Å². The Balaban J connectivity index is 2.42. The smallest absolute Gasteiger partial charge is 0.322 e. The van der Waals surface area contributed by atoms with Crippen molar-refractivity contribution in [1.29, 1.82) is 0 Å². The van der Waals surface area contributed by atoms with E-state index in [1.54, 1.807) is 26.0 Å². The molecule has 1 atom stereocenters. The summed E-state index contributed by atoms with van der Waals surface area (Å²) in [5, 5.41) is 2.97. The molecular weight excluding hydrogens is 209 g/mol. The third-order valence-corrected chi connectivity index (χ3v) is 2.14. The van der Waals surface area contributed by atoms with Crippen molar-refractivity contribution in [3.8, 4) is 0 Å². The zero-order valence-corrected chi connectivity index (χ0v) is 9.50. The van der Waals surface area contributed by atoms with Crippen LogP contribution in [0, 0.1) is 5.82 Å². The van der Waals surface area contributed by atoms with Gasteiger partial charge in [-0.25, -0.2) is 4.39 Å². The monoisotopic (exact) mass is 225 g/mol. The van der Waals surface area contributed by atoms with E-state index in [9.17, 15) is 9.18 Å². The molecule has 1 N–H and O–H groups in total. The van der Waals surface area contributed by atoms with E-state index < -0.39 is 0 Å². The molecule has 0 aromatic heterocycles. The second-order valence-corrected chi connectivity index (χ2v) is 3.48. The Morgan fingerprint density at radius 1 is 1.56 bits per heavy atom. The number of hydrogen-bond donors (Lipinski definition) is 1. The Hall–Kier alpha value is -1.42. The van der Waals surface area contributed by atoms with Gasteiger partial charge in [0.2, 0.25) is 0 Å². The Kier molecular flexibility index (Phi) is 4.92. The van der Waals surface area contributed by atoms with E-state index in [1.165, 1.54) is 12.1 Å². The summed E-state index contributed by atoms with van der Waals surface area (Å²) in [7, 11) is 0. The van der Waals surface area contributed by atoms with Crippen LogP contribution in [0.2, 0.25) is 0 Å². The fourth-order valence-electron chi connectivity index (χ4n) is 1.27. The topological polar surface area (TPSA) is 38.3 Å². The van der Waals surface area contributed by atoms with Gasteiger partial charge in [0.25, 0.3) is 0 Å². The van der Waals surface area contributed by atoms with Crippen molar-refractivity contribution in [2.45, 2.75) is 26.4 Å². The second kappa shape index (κ2) is 6.23. The van der Waals surface area contributed by atoms with Crippen LogP contribution in [0.15, 0.2) is 24.3 Å². The van der Waals surface area contributed by atoms with Crippen LogP contribution in [0.25, 0.3) is 0 Å². The van der Waals surface area contributed by atoms with Gasteiger partial charge in [0.1, 0.15) is 11.9 Å². The summed E-state index contributed by atoms with van der Waals surface area (Å²) < 4.78 is 17.7. The van der Waals surface area contributed by atoms with Crippen molar-refractivity contribution in [2.75, 3.05) is 6.61 Å². The number of ether oxygens (including phenoxy) is 1. The minimum Gasteiger partial charge on any atom is -0.465 e. The molecule has 16 heavy (non-hydrogen) atoms. The molecule has 1 rings (SSSR count). The highest BCUT2D eigenvalue weighted by atomic mass is 19.1. The Morgan fingerprint density at radius 3 is 2.94 bits per heavy atom. The van der Waals surface area contributed by atoms with Crippen LogP contribution >= 0.6 is 0 Å². The van der Waals surface area contributed by atoms with E-state index >= 15 is 0 Å². The number of esters is 1. The summed E-state index contributed by atoms with van der Waals surface area (Å²) in [6.45, 7) is 4.29. The van der Waals surface area contributed by atoms with Crippen molar-refractivity contribution in [3.05, 3.63) is 35.6 Å². The first-order valence-electron chi connectivity index (χ1n) is 5.28. The lowest BCUT2D eigenvalue weighted by molar-refractivity contribution is -0.145. The van der Waals surface area contributed by atoms with Gasteiger partial charge in [-0.3, -0.25) is 4.79 Å². The van der Waals surface area contributed by atoms with Crippen LogP contribution in [0.3, 0.4) is 0 Å². The zero-order valence-electron chi connectivity index (χ0n) is 9.50. The van der Waals surface area contributed by atoms with Crippen LogP contribution in [-0.4, -0.2) is 18.6 Å². The number of carbonyl (C=O) groups excluding carboxylic acids is 1. The third-order valence-electron chi connectivity index (χ3n) is 2.14. The lowest BCUT2D eigenvalue weighted by Gasteiger charge is -2.12. The highest BCUT2D eigenvalue weighted by molar-refractivity contribution is 5.75. The lowest BCUT2D eigenvalue weighted by Crippen LogP contribution is -2.34. The average Bonchev–Trinajstić information content (AvgIpc) is 2.26. The van der Waals surface area contributed by atoms with E-state index in [-0.39, 0.29) is 17.8 Å². The van der Waals surface area contributed by atoms with Gasteiger partial charge in [0.15, 0.2) is 0 Å². The number of carbonyl (C=O) groups is 1. The normalized spacial score (nSPS) is 12.2. The van der Waals surface area contributed by atoms with Crippen LogP contribution in [-0.2, 0) is 16.1 Å². The summed E-state index contributed by atoms with van der Waals surface area (Å²) in [4.78, 5) is 11.3. The van der Waals surface area contributed by atoms with Crippen LogP contribution in [0.5, 0.6) is 0 Å². The summed E-state index contributed by atoms with van der Waals surface area (Å²) >= 11 is 0.